The molecule has 1 aromatic rings. The van der Waals surface area contributed by atoms with Crippen LogP contribution in [0.2, 0.25) is 0 Å². The number of phenolic OH excluding ortho intramolecular Hbond substituents is 1. The van der Waals surface area contributed by atoms with E-state index in [4.69, 9.17) is 15.3 Å². The third-order valence-electron chi connectivity index (χ3n) is 7.80. The molecule has 0 saturated heterocycles. The molecule has 2 unspecified atom stereocenters. The summed E-state index contributed by atoms with van der Waals surface area (Å²) in [6.45, 7) is 0.863. The molecule has 0 bridgehead atoms. The molecule has 1 amide bonds. The van der Waals surface area contributed by atoms with Crippen LogP contribution in [0.4, 0.5) is 0 Å². The van der Waals surface area contributed by atoms with Crippen molar-refractivity contribution in [3.05, 3.63) is 28.8 Å². The monoisotopic (exact) mass is 517 g/mol. The molecule has 3 aliphatic carbocycles. The van der Waals surface area contributed by atoms with Gasteiger partial charge in [-0.3, -0.25) is 33.7 Å². The molecule has 2 fully saturated rings. The minimum Gasteiger partial charge on any atom is -0.507 e. The van der Waals surface area contributed by atoms with Gasteiger partial charge in [0.1, 0.15) is 5.75 Å². The highest BCUT2D eigenvalue weighted by atomic mass is 16.7. The molecule has 0 aromatic heterocycles. The summed E-state index contributed by atoms with van der Waals surface area (Å²) in [7, 11) is 4.62. The van der Waals surface area contributed by atoms with E-state index in [1.165, 1.54) is 18.1 Å². The fourth-order valence-electron chi connectivity index (χ4n) is 6.16. The minimum absolute atomic E-state index is 0.00322. The van der Waals surface area contributed by atoms with E-state index in [-0.39, 0.29) is 37.3 Å². The zero-order valence-corrected chi connectivity index (χ0v) is 20.9. The van der Waals surface area contributed by atoms with Crippen molar-refractivity contribution in [3.8, 4) is 5.75 Å². The maximum Gasteiger partial charge on any atom is 0.235 e. The number of methoxy groups -OCH3 is 1. The predicted octanol–water partition coefficient (Wildman–Crippen LogP) is -1.47. The highest BCUT2D eigenvalue weighted by molar-refractivity contribution is 6.32. The van der Waals surface area contributed by atoms with Crippen LogP contribution in [0.15, 0.2) is 12.1 Å². The Morgan fingerprint density at radius 3 is 2.51 bits per heavy atom. The molecule has 5 N–H and O–H groups in total. The number of Topliss-reactive ketones (excluding diaryl/α,β-unsaturated/α-hetero) is 4. The summed E-state index contributed by atoms with van der Waals surface area (Å²) >= 11 is 0. The number of nitrogens with zero attached hydrogens (tertiary/aromatic N) is 1. The highest BCUT2D eigenvalue weighted by Crippen LogP contribution is 2.50. The number of fused-ring (bicyclic) bond motifs is 3. The average molecular weight is 518 g/mol. The van der Waals surface area contributed by atoms with Crippen LogP contribution < -0.4 is 11.2 Å². The van der Waals surface area contributed by atoms with Crippen LogP contribution >= 0.6 is 0 Å². The smallest absolute Gasteiger partial charge is 0.235 e. The number of aliphatic hydroxyl groups is 1. The lowest BCUT2D eigenvalue weighted by Gasteiger charge is -2.52. The Bertz CT molecular complexity index is 1170. The number of ether oxygens (including phenoxy) is 1. The number of nitrogens with one attached hydrogen (secondary N) is 1. The van der Waals surface area contributed by atoms with Crippen molar-refractivity contribution in [2.45, 2.75) is 31.0 Å². The molecule has 200 valence electrons. The second kappa shape index (κ2) is 10.0. The molecule has 0 radical (unpaired) electrons. The molecular formula is C25H31N3O9. The first kappa shape index (κ1) is 27.0. The fourth-order valence-corrected chi connectivity index (χ4v) is 6.16. The Morgan fingerprint density at radius 2 is 1.89 bits per heavy atom. The molecule has 12 nitrogen and oxygen atoms in total. The van der Waals surface area contributed by atoms with Gasteiger partial charge in [-0.2, -0.15) is 5.48 Å². The summed E-state index contributed by atoms with van der Waals surface area (Å²) in [6.07, 6.45) is 0.187. The van der Waals surface area contributed by atoms with E-state index in [1.54, 1.807) is 20.2 Å². The van der Waals surface area contributed by atoms with Crippen molar-refractivity contribution < 1.29 is 43.8 Å². The van der Waals surface area contributed by atoms with E-state index in [9.17, 15) is 34.2 Å². The van der Waals surface area contributed by atoms with Crippen molar-refractivity contribution in [3.63, 3.8) is 0 Å². The Labute approximate surface area is 213 Å². The normalized spacial score (nSPS) is 31.2. The maximum atomic E-state index is 13.8. The largest absolute Gasteiger partial charge is 0.507 e. The topological polar surface area (TPSA) is 186 Å². The van der Waals surface area contributed by atoms with Crippen LogP contribution in [0.1, 0.15) is 27.9 Å². The summed E-state index contributed by atoms with van der Waals surface area (Å²) in [4.78, 5) is 72.5. The fraction of sp³-hybridized carbons (Fsp3) is 0.560. The Hall–Kier alpha value is -3.03. The standard InChI is InChI=1S/C25H31N3O9/c1-28(2)19-14-9-12-8-13-11(10-27-37-7-6-36-3)4-5-15(29)17(13)20(30)16(12)22(32)25(14,35)23(33)18(21(19)31)24(26)34/h4-5,12,14,16,18-19,27,29,35H,6-10H2,1-3H3,(H2,26,34)/t12-,14-,16?,18?,19-,25-/m0/s1. The molecule has 0 heterocycles. The summed E-state index contributed by atoms with van der Waals surface area (Å²) in [6, 6.07) is 1.84. The van der Waals surface area contributed by atoms with E-state index in [1.807, 2.05) is 0 Å². The number of carbonyl (C=O) groups is 5. The zero-order valence-electron chi connectivity index (χ0n) is 20.9. The number of ketones is 4. The van der Waals surface area contributed by atoms with E-state index < -0.39 is 64.4 Å². The van der Waals surface area contributed by atoms with Crippen molar-refractivity contribution in [2.75, 3.05) is 34.4 Å². The van der Waals surface area contributed by atoms with Crippen LogP contribution in [0.3, 0.4) is 0 Å². The lowest BCUT2D eigenvalue weighted by atomic mass is 9.52. The average Bonchev–Trinajstić information content (AvgIpc) is 2.82. The number of likely N-dealkylation sites (N-methyl/N-ethyl adjacent to an activating group) is 1. The molecule has 1 aromatic carbocycles. The quantitative estimate of drug-likeness (QED) is 0.179. The summed E-state index contributed by atoms with van der Waals surface area (Å²) < 4.78 is 4.92. The third kappa shape index (κ3) is 4.18. The van der Waals surface area contributed by atoms with Gasteiger partial charge in [0.05, 0.1) is 30.7 Å². The molecule has 12 heteroatoms. The summed E-state index contributed by atoms with van der Waals surface area (Å²) in [5.41, 5.74) is 6.50. The van der Waals surface area contributed by atoms with Crippen LogP contribution in [-0.2, 0) is 41.7 Å². The van der Waals surface area contributed by atoms with Gasteiger partial charge in [0.15, 0.2) is 34.7 Å². The lowest BCUT2D eigenvalue weighted by molar-refractivity contribution is -0.181. The second-order valence-corrected chi connectivity index (χ2v) is 10.0. The van der Waals surface area contributed by atoms with E-state index in [0.717, 1.165) is 0 Å². The second-order valence-electron chi connectivity index (χ2n) is 10.0. The Morgan fingerprint density at radius 1 is 1.19 bits per heavy atom. The molecule has 3 aliphatic rings. The summed E-state index contributed by atoms with van der Waals surface area (Å²) in [5, 5.41) is 22.1. The highest BCUT2D eigenvalue weighted by Gasteiger charge is 2.69. The first-order chi connectivity index (χ1) is 17.5. The van der Waals surface area contributed by atoms with Crippen LogP contribution in [0.25, 0.3) is 0 Å². The zero-order chi connectivity index (χ0) is 27.2. The number of aromatic hydroxyl groups is 1. The van der Waals surface area contributed by atoms with Gasteiger partial charge in [0.2, 0.25) is 5.91 Å². The van der Waals surface area contributed by atoms with Gasteiger partial charge < -0.3 is 20.7 Å². The van der Waals surface area contributed by atoms with Gasteiger partial charge in [-0.15, -0.1) is 0 Å². The number of carbonyl (C=O) groups excluding carboxylic acids is 5. The first-order valence-electron chi connectivity index (χ1n) is 12.0. The predicted molar refractivity (Wildman–Crippen MR) is 126 cm³/mol. The van der Waals surface area contributed by atoms with Gasteiger partial charge in [-0.05, 0) is 50.0 Å². The Balaban J connectivity index is 1.74. The number of amides is 1. The molecule has 6 atom stereocenters. The van der Waals surface area contributed by atoms with Gasteiger partial charge in [-0.1, -0.05) is 6.07 Å². The SMILES string of the molecule is COCCONCc1ccc(O)c2c1C[C@H]1C[C@H]3[C@H](N(C)C)C(=O)C(C(N)=O)C(=O)[C@@]3(O)C(=O)C1C2=O. The van der Waals surface area contributed by atoms with Gasteiger partial charge in [0, 0.05) is 19.6 Å². The van der Waals surface area contributed by atoms with Gasteiger partial charge >= 0.3 is 0 Å². The van der Waals surface area contributed by atoms with Gasteiger partial charge in [-0.25, -0.2) is 0 Å². The molecular weight excluding hydrogens is 486 g/mol. The molecule has 0 spiro atoms. The van der Waals surface area contributed by atoms with Crippen molar-refractivity contribution in [1.29, 1.82) is 0 Å². The van der Waals surface area contributed by atoms with Crippen molar-refractivity contribution in [2.24, 2.45) is 29.4 Å². The third-order valence-corrected chi connectivity index (χ3v) is 7.80. The first-order valence-corrected chi connectivity index (χ1v) is 12.0. The van der Waals surface area contributed by atoms with Crippen LogP contribution in [-0.4, -0.2) is 90.2 Å². The number of benzene rings is 1. The van der Waals surface area contributed by atoms with Gasteiger partial charge in [0.25, 0.3) is 0 Å². The van der Waals surface area contributed by atoms with Crippen LogP contribution in [0.5, 0.6) is 5.75 Å². The number of hydrogen-bond donors (Lipinski definition) is 4. The number of rotatable bonds is 8. The maximum absolute atomic E-state index is 13.8. The van der Waals surface area contributed by atoms with Crippen molar-refractivity contribution in [1.82, 2.24) is 10.4 Å². The molecule has 4 rings (SSSR count). The molecule has 0 aliphatic heterocycles. The Kier molecular flexibility index (Phi) is 7.32. The minimum atomic E-state index is -2.74. The van der Waals surface area contributed by atoms with E-state index >= 15 is 0 Å². The van der Waals surface area contributed by atoms with Crippen LogP contribution in [0, 0.1) is 23.7 Å². The summed E-state index contributed by atoms with van der Waals surface area (Å²) in [5.74, 6) is -10.7. The van der Waals surface area contributed by atoms with Crippen molar-refractivity contribution >= 4 is 29.0 Å². The number of hydroxylamine groups is 1. The molecule has 37 heavy (non-hydrogen) atoms. The number of primary amides is 1. The van der Waals surface area contributed by atoms with E-state index in [0.29, 0.717) is 17.7 Å². The number of phenols is 1. The number of nitrogens with two attached hydrogens (primary N) is 1. The lowest BCUT2D eigenvalue weighted by Crippen LogP contribution is -2.74. The van der Waals surface area contributed by atoms with E-state index in [2.05, 4.69) is 5.48 Å². The molecule has 2 saturated carbocycles. The number of hydrogen-bond acceptors (Lipinski definition) is 11.